The predicted octanol–water partition coefficient (Wildman–Crippen LogP) is 2.82. The average Bonchev–Trinajstić information content (AvgIpc) is 3.64. The summed E-state index contributed by atoms with van der Waals surface area (Å²) < 4.78 is 10.7. The Hall–Kier alpha value is -4.59. The third-order valence-corrected chi connectivity index (χ3v) is 9.43. The number of hydrazone groups is 1. The molecule has 13 nitrogen and oxygen atoms in total. The molecule has 2 N–H and O–H groups in total. The second-order valence-electron chi connectivity index (χ2n) is 13.2. The van der Waals surface area contributed by atoms with Gasteiger partial charge in [-0.15, -0.1) is 0 Å². The summed E-state index contributed by atoms with van der Waals surface area (Å²) in [6.45, 7) is 11.6. The summed E-state index contributed by atoms with van der Waals surface area (Å²) in [4.78, 5) is 34.0. The van der Waals surface area contributed by atoms with Crippen molar-refractivity contribution in [3.63, 3.8) is 0 Å². The smallest absolute Gasteiger partial charge is 0.296 e. The largest absolute Gasteiger partial charge is 0.392 e. The minimum Gasteiger partial charge on any atom is -0.392 e. The first-order valence-corrected chi connectivity index (χ1v) is 15.5. The maximum atomic E-state index is 13.9. The summed E-state index contributed by atoms with van der Waals surface area (Å²) in [6.07, 6.45) is 5.02. The molecule has 3 aliphatic rings. The van der Waals surface area contributed by atoms with Crippen molar-refractivity contribution in [2.75, 3.05) is 30.1 Å². The van der Waals surface area contributed by atoms with Crippen molar-refractivity contribution in [2.45, 2.75) is 52.4 Å². The zero-order valence-electron chi connectivity index (χ0n) is 26.7. The topological polar surface area (TPSA) is 135 Å². The normalized spacial score (nSPS) is 17.3. The monoisotopic (exact) mass is 625 g/mol. The van der Waals surface area contributed by atoms with Gasteiger partial charge in [-0.1, -0.05) is 13.8 Å². The molecule has 4 aromatic heterocycles. The highest BCUT2D eigenvalue weighted by molar-refractivity contribution is 6.05. The molecule has 1 aliphatic carbocycles. The number of hydrogen-bond donors (Lipinski definition) is 2. The Balaban J connectivity index is 1.19. The van der Waals surface area contributed by atoms with E-state index >= 15 is 0 Å². The maximum Gasteiger partial charge on any atom is 0.296 e. The van der Waals surface area contributed by atoms with Gasteiger partial charge >= 0.3 is 0 Å². The number of carbonyl (C=O) groups is 1. The number of nitrogens with zero attached hydrogens (tertiary/aromatic N) is 8. The van der Waals surface area contributed by atoms with Crippen LogP contribution in [0.2, 0.25) is 0 Å². The minimum atomic E-state index is -0.419. The van der Waals surface area contributed by atoms with Gasteiger partial charge in [0.1, 0.15) is 11.4 Å². The van der Waals surface area contributed by atoms with E-state index in [-0.39, 0.29) is 22.7 Å². The molecule has 4 aromatic rings. The number of carbonyl (C=O) groups excluding carboxylic acids is 1. The van der Waals surface area contributed by atoms with E-state index in [0.29, 0.717) is 39.9 Å². The fourth-order valence-electron chi connectivity index (χ4n) is 6.93. The first kappa shape index (κ1) is 30.1. The number of rotatable bonds is 8. The Kier molecular flexibility index (Phi) is 7.41. The van der Waals surface area contributed by atoms with E-state index in [4.69, 9.17) is 9.84 Å². The molecule has 46 heavy (non-hydrogen) atoms. The highest BCUT2D eigenvalue weighted by Gasteiger charge is 2.35. The first-order valence-electron chi connectivity index (χ1n) is 15.5. The van der Waals surface area contributed by atoms with Crippen LogP contribution in [0.1, 0.15) is 46.9 Å². The van der Waals surface area contributed by atoms with Crippen molar-refractivity contribution in [3.05, 3.63) is 75.2 Å². The Labute approximate surface area is 266 Å². The summed E-state index contributed by atoms with van der Waals surface area (Å²) in [7, 11) is 3.56. The number of ether oxygens (including phenoxy) is 1. The Bertz CT molecular complexity index is 1920. The SMILES string of the molecule is C=NN(C(=O)c1cc2c(n1C)CC(C)(C)C2)c1nccc(-c2cc(Nc3cc4n(n3)CCN(C3COC3)C4)c(=O)n(C)c2)c1CO. The van der Waals surface area contributed by atoms with Gasteiger partial charge in [0.25, 0.3) is 11.5 Å². The van der Waals surface area contributed by atoms with E-state index in [1.165, 1.54) is 4.57 Å². The third-order valence-electron chi connectivity index (χ3n) is 9.43. The van der Waals surface area contributed by atoms with Gasteiger partial charge < -0.3 is 24.3 Å². The Morgan fingerprint density at radius 3 is 2.72 bits per heavy atom. The third kappa shape index (κ3) is 5.13. The van der Waals surface area contributed by atoms with Gasteiger partial charge in [-0.2, -0.15) is 15.2 Å². The number of hydrogen-bond acceptors (Lipinski definition) is 9. The number of anilines is 3. The lowest BCUT2D eigenvalue weighted by molar-refractivity contribution is -0.0735. The number of nitrogens with one attached hydrogen (secondary N) is 1. The number of aliphatic hydroxyl groups is 1. The number of fused-ring (bicyclic) bond motifs is 2. The number of aliphatic hydroxyl groups excluding tert-OH is 1. The fraction of sp³-hybridized carbons (Fsp3) is 0.424. The van der Waals surface area contributed by atoms with E-state index in [2.05, 4.69) is 40.9 Å². The van der Waals surface area contributed by atoms with Crippen LogP contribution in [0.25, 0.3) is 11.1 Å². The molecule has 6 heterocycles. The van der Waals surface area contributed by atoms with Crippen molar-refractivity contribution in [1.29, 1.82) is 0 Å². The van der Waals surface area contributed by atoms with Crippen LogP contribution in [0.15, 0.2) is 46.6 Å². The molecule has 0 atom stereocenters. The van der Waals surface area contributed by atoms with Gasteiger partial charge in [0.2, 0.25) is 0 Å². The molecule has 240 valence electrons. The molecule has 1 amide bonds. The first-order chi connectivity index (χ1) is 22.1. The molecule has 7 rings (SSSR count). The highest BCUT2D eigenvalue weighted by atomic mass is 16.5. The second kappa shape index (κ2) is 11.3. The number of aryl methyl sites for hydroxylation is 1. The number of amides is 1. The molecule has 0 radical (unpaired) electrons. The van der Waals surface area contributed by atoms with Crippen LogP contribution in [0.3, 0.4) is 0 Å². The second-order valence-corrected chi connectivity index (χ2v) is 13.2. The lowest BCUT2D eigenvalue weighted by Crippen LogP contribution is -2.51. The highest BCUT2D eigenvalue weighted by Crippen LogP contribution is 2.38. The molecular formula is C33H39N9O4. The fourth-order valence-corrected chi connectivity index (χ4v) is 6.93. The van der Waals surface area contributed by atoms with Crippen LogP contribution < -0.4 is 15.9 Å². The van der Waals surface area contributed by atoms with Gasteiger partial charge in [-0.25, -0.2) is 4.98 Å². The molecule has 0 saturated carbocycles. The summed E-state index contributed by atoms with van der Waals surface area (Å²) >= 11 is 0. The van der Waals surface area contributed by atoms with Crippen LogP contribution in [-0.4, -0.2) is 72.3 Å². The van der Waals surface area contributed by atoms with Gasteiger partial charge in [0, 0.05) is 69.2 Å². The van der Waals surface area contributed by atoms with Crippen molar-refractivity contribution in [1.82, 2.24) is 28.8 Å². The van der Waals surface area contributed by atoms with Gasteiger partial charge in [-0.3, -0.25) is 19.2 Å². The molecule has 0 unspecified atom stereocenters. The molecular weight excluding hydrogens is 586 g/mol. The predicted molar refractivity (Wildman–Crippen MR) is 174 cm³/mol. The lowest BCUT2D eigenvalue weighted by atomic mass is 9.90. The van der Waals surface area contributed by atoms with Gasteiger partial charge in [0.05, 0.1) is 38.1 Å². The minimum absolute atomic E-state index is 0.146. The van der Waals surface area contributed by atoms with Crippen LogP contribution in [-0.2, 0) is 51.4 Å². The van der Waals surface area contributed by atoms with Crippen LogP contribution in [0, 0.1) is 5.41 Å². The Morgan fingerprint density at radius 2 is 2.02 bits per heavy atom. The van der Waals surface area contributed by atoms with Crippen molar-refractivity contribution in [3.8, 4) is 11.1 Å². The van der Waals surface area contributed by atoms with E-state index in [0.717, 1.165) is 67.6 Å². The maximum absolute atomic E-state index is 13.9. The van der Waals surface area contributed by atoms with Crippen LogP contribution >= 0.6 is 0 Å². The zero-order chi connectivity index (χ0) is 32.3. The molecule has 0 aromatic carbocycles. The summed E-state index contributed by atoms with van der Waals surface area (Å²) in [5, 5.41) is 23.7. The number of aromatic nitrogens is 5. The molecule has 1 saturated heterocycles. The molecule has 1 fully saturated rings. The van der Waals surface area contributed by atoms with Crippen molar-refractivity contribution in [2.24, 2.45) is 24.6 Å². The van der Waals surface area contributed by atoms with Gasteiger partial charge in [0.15, 0.2) is 11.6 Å². The zero-order valence-corrected chi connectivity index (χ0v) is 26.7. The lowest BCUT2D eigenvalue weighted by Gasteiger charge is -2.39. The van der Waals surface area contributed by atoms with Gasteiger partial charge in [-0.05, 0) is 47.6 Å². The molecule has 2 aliphatic heterocycles. The summed E-state index contributed by atoms with van der Waals surface area (Å²) in [5.41, 5.74) is 5.72. The Morgan fingerprint density at radius 1 is 1.22 bits per heavy atom. The van der Waals surface area contributed by atoms with E-state index in [9.17, 15) is 14.7 Å². The van der Waals surface area contributed by atoms with Crippen molar-refractivity contribution < 1.29 is 14.6 Å². The molecule has 13 heteroatoms. The van der Waals surface area contributed by atoms with Crippen LogP contribution in [0.5, 0.6) is 0 Å². The molecule has 0 bridgehead atoms. The van der Waals surface area contributed by atoms with E-state index < -0.39 is 6.61 Å². The standard InChI is InChI=1S/C33H39N9O4/c1-33(2)13-20-11-27(39(5)28(20)14-33)32(45)42(34-3)30-25(17-43)24(6-7-35-30)21-10-26(31(44)38(4)15-21)36-29-12-22-16-40(23-18-46-19-23)8-9-41(22)37-29/h6-7,10-12,15,23,43H,3,8-9,13-14,16-19H2,1-2,4-5H3,(H,36,37). The average molecular weight is 626 g/mol. The van der Waals surface area contributed by atoms with Crippen molar-refractivity contribution >= 4 is 29.9 Å². The summed E-state index contributed by atoms with van der Waals surface area (Å²) in [6, 6.07) is 7.82. The van der Waals surface area contributed by atoms with E-state index in [1.54, 1.807) is 31.6 Å². The van der Waals surface area contributed by atoms with E-state index in [1.807, 2.05) is 28.4 Å². The van der Waals surface area contributed by atoms with Crippen LogP contribution in [0.4, 0.5) is 17.3 Å². The quantitative estimate of drug-likeness (QED) is 0.226. The summed E-state index contributed by atoms with van der Waals surface area (Å²) in [5.74, 6) is 0.367. The number of pyridine rings is 2. The molecule has 0 spiro atoms.